The molecule has 13 heavy (non-hydrogen) atoms. The van der Waals surface area contributed by atoms with E-state index >= 15 is 0 Å². The van der Waals surface area contributed by atoms with Crippen molar-refractivity contribution in [2.24, 2.45) is 5.92 Å². The van der Waals surface area contributed by atoms with Crippen LogP contribution < -0.4 is 0 Å². The van der Waals surface area contributed by atoms with Gasteiger partial charge in [0.05, 0.1) is 6.10 Å². The number of ketones is 1. The number of likely N-dealkylation sites (tertiary alicyclic amines) is 1. The minimum Gasteiger partial charge on any atom is -0.392 e. The fraction of sp³-hybridized carbons (Fsp3) is 0.900. The van der Waals surface area contributed by atoms with Gasteiger partial charge in [0.2, 0.25) is 0 Å². The van der Waals surface area contributed by atoms with Crippen molar-refractivity contribution in [3.05, 3.63) is 0 Å². The summed E-state index contributed by atoms with van der Waals surface area (Å²) in [5.41, 5.74) is 0. The zero-order valence-electron chi connectivity index (χ0n) is 8.66. The molecule has 1 heterocycles. The molecule has 1 aliphatic heterocycles. The van der Waals surface area contributed by atoms with E-state index in [9.17, 15) is 9.90 Å². The molecular weight excluding hydrogens is 166 g/mol. The molecule has 0 aliphatic carbocycles. The second-order valence-electron chi connectivity index (χ2n) is 4.09. The van der Waals surface area contributed by atoms with Crippen LogP contribution in [0, 0.1) is 5.92 Å². The first-order valence-corrected chi connectivity index (χ1v) is 4.97. The van der Waals surface area contributed by atoms with Gasteiger partial charge < -0.3 is 5.11 Å². The Morgan fingerprint density at radius 1 is 1.54 bits per heavy atom. The predicted octanol–water partition coefficient (Wildman–Crippen LogP) is 0.667. The van der Waals surface area contributed by atoms with Gasteiger partial charge in [0.15, 0.2) is 0 Å². The molecule has 0 radical (unpaired) electrons. The van der Waals surface area contributed by atoms with Gasteiger partial charge in [0.1, 0.15) is 5.78 Å². The highest BCUT2D eigenvalue weighted by molar-refractivity contribution is 5.81. The zero-order chi connectivity index (χ0) is 10.0. The molecule has 0 bridgehead atoms. The van der Waals surface area contributed by atoms with Gasteiger partial charge in [-0.25, -0.2) is 0 Å². The molecule has 76 valence electrons. The lowest BCUT2D eigenvalue weighted by molar-refractivity contribution is -0.126. The number of Topliss-reactive ketones (excluding diaryl/α,β-unsaturated/α-hetero) is 1. The zero-order valence-corrected chi connectivity index (χ0v) is 8.66. The lowest BCUT2D eigenvalue weighted by Gasteiger charge is -2.36. The first-order chi connectivity index (χ1) is 6.02. The molecule has 1 saturated heterocycles. The number of rotatable bonds is 2. The van der Waals surface area contributed by atoms with Crippen LogP contribution in [0.5, 0.6) is 0 Å². The molecule has 1 fully saturated rings. The maximum atomic E-state index is 11.2. The number of hydrogen-bond acceptors (Lipinski definition) is 3. The van der Waals surface area contributed by atoms with Gasteiger partial charge in [0.25, 0.3) is 0 Å². The molecule has 0 aromatic rings. The summed E-state index contributed by atoms with van der Waals surface area (Å²) in [6.07, 6.45) is 0.318. The summed E-state index contributed by atoms with van der Waals surface area (Å²) in [7, 11) is 0. The van der Waals surface area contributed by atoms with Crippen molar-refractivity contribution < 1.29 is 9.90 Å². The van der Waals surface area contributed by atoms with Crippen LogP contribution in [0.3, 0.4) is 0 Å². The van der Waals surface area contributed by atoms with Crippen molar-refractivity contribution in [3.8, 4) is 0 Å². The van der Waals surface area contributed by atoms with E-state index in [0.717, 1.165) is 13.1 Å². The summed E-state index contributed by atoms with van der Waals surface area (Å²) in [5.74, 6) is 0.490. The number of carbonyl (C=O) groups excluding carboxylic acids is 1. The Bertz CT molecular complexity index is 191. The molecule has 0 aromatic heterocycles. The van der Waals surface area contributed by atoms with Crippen LogP contribution >= 0.6 is 0 Å². The molecule has 1 N–H and O–H groups in total. The maximum absolute atomic E-state index is 11.2. The summed E-state index contributed by atoms with van der Waals surface area (Å²) in [4.78, 5) is 13.4. The van der Waals surface area contributed by atoms with Gasteiger partial charge in [-0.05, 0) is 13.8 Å². The van der Waals surface area contributed by atoms with Crippen LogP contribution in [0.25, 0.3) is 0 Å². The Morgan fingerprint density at radius 2 is 2.15 bits per heavy atom. The van der Waals surface area contributed by atoms with Crippen molar-refractivity contribution in [2.75, 3.05) is 13.1 Å². The Hall–Kier alpha value is -0.410. The minimum atomic E-state index is -0.319. The van der Waals surface area contributed by atoms with Crippen LogP contribution in [-0.2, 0) is 4.79 Å². The molecule has 0 spiro atoms. The van der Waals surface area contributed by atoms with E-state index in [4.69, 9.17) is 0 Å². The Labute approximate surface area is 79.7 Å². The standard InChI is InChI=1S/C10H19NO2/c1-7-6-11(5-4-10(7)13)8(2)9(3)12/h7-9,12H,4-6H2,1-3H3. The number of hydrogen-bond donors (Lipinski definition) is 1. The molecule has 3 atom stereocenters. The van der Waals surface area contributed by atoms with Crippen molar-refractivity contribution in [1.29, 1.82) is 0 Å². The molecule has 3 unspecified atom stereocenters. The lowest BCUT2D eigenvalue weighted by Crippen LogP contribution is -2.48. The van der Waals surface area contributed by atoms with Crippen LogP contribution in [0.15, 0.2) is 0 Å². The molecule has 1 aliphatic rings. The summed E-state index contributed by atoms with van der Waals surface area (Å²) in [6.45, 7) is 7.36. The van der Waals surface area contributed by atoms with Crippen LogP contribution in [0.4, 0.5) is 0 Å². The predicted molar refractivity (Wildman–Crippen MR) is 51.5 cm³/mol. The summed E-state index contributed by atoms with van der Waals surface area (Å²) < 4.78 is 0. The quantitative estimate of drug-likeness (QED) is 0.687. The van der Waals surface area contributed by atoms with E-state index in [-0.39, 0.29) is 18.1 Å². The number of nitrogens with zero attached hydrogens (tertiary/aromatic N) is 1. The second kappa shape index (κ2) is 4.20. The summed E-state index contributed by atoms with van der Waals surface area (Å²) in [6, 6.07) is 0.163. The van der Waals surface area contributed by atoms with Gasteiger partial charge in [-0.1, -0.05) is 6.92 Å². The summed E-state index contributed by atoms with van der Waals surface area (Å²) in [5, 5.41) is 9.40. The van der Waals surface area contributed by atoms with Gasteiger partial charge in [-0.2, -0.15) is 0 Å². The largest absolute Gasteiger partial charge is 0.392 e. The van der Waals surface area contributed by atoms with E-state index in [1.165, 1.54) is 0 Å². The Balaban J connectivity index is 2.50. The molecule has 3 heteroatoms. The van der Waals surface area contributed by atoms with Crippen molar-refractivity contribution >= 4 is 5.78 Å². The van der Waals surface area contributed by atoms with Crippen molar-refractivity contribution in [3.63, 3.8) is 0 Å². The average Bonchev–Trinajstić information content (AvgIpc) is 2.08. The lowest BCUT2D eigenvalue weighted by atomic mass is 9.96. The van der Waals surface area contributed by atoms with E-state index in [2.05, 4.69) is 4.90 Å². The topological polar surface area (TPSA) is 40.5 Å². The van der Waals surface area contributed by atoms with E-state index in [0.29, 0.717) is 12.2 Å². The van der Waals surface area contributed by atoms with E-state index in [1.54, 1.807) is 6.92 Å². The van der Waals surface area contributed by atoms with Crippen LogP contribution in [0.2, 0.25) is 0 Å². The third kappa shape index (κ3) is 2.51. The first-order valence-electron chi connectivity index (χ1n) is 4.97. The van der Waals surface area contributed by atoms with Gasteiger partial charge in [-0.15, -0.1) is 0 Å². The smallest absolute Gasteiger partial charge is 0.138 e. The average molecular weight is 185 g/mol. The summed E-state index contributed by atoms with van der Waals surface area (Å²) >= 11 is 0. The van der Waals surface area contributed by atoms with Crippen molar-refractivity contribution in [2.45, 2.75) is 39.3 Å². The van der Waals surface area contributed by atoms with Crippen molar-refractivity contribution in [1.82, 2.24) is 4.90 Å². The first kappa shape index (κ1) is 10.7. The number of carbonyl (C=O) groups is 1. The van der Waals surface area contributed by atoms with E-state index in [1.807, 2.05) is 13.8 Å². The van der Waals surface area contributed by atoms with Gasteiger partial charge in [-0.3, -0.25) is 9.69 Å². The molecule has 0 amide bonds. The molecule has 3 nitrogen and oxygen atoms in total. The van der Waals surface area contributed by atoms with Gasteiger partial charge in [0, 0.05) is 31.5 Å². The normalized spacial score (nSPS) is 30.2. The molecule has 0 saturated carbocycles. The number of aliphatic hydroxyl groups is 1. The fourth-order valence-corrected chi connectivity index (χ4v) is 1.72. The monoisotopic (exact) mass is 185 g/mol. The molecular formula is C10H19NO2. The second-order valence-corrected chi connectivity index (χ2v) is 4.09. The third-order valence-electron chi connectivity index (χ3n) is 2.98. The Morgan fingerprint density at radius 3 is 2.62 bits per heavy atom. The van der Waals surface area contributed by atoms with E-state index < -0.39 is 0 Å². The number of piperidine rings is 1. The highest BCUT2D eigenvalue weighted by Gasteiger charge is 2.27. The molecule has 1 rings (SSSR count). The SMILES string of the molecule is CC1CN(C(C)C(C)O)CCC1=O. The van der Waals surface area contributed by atoms with Crippen LogP contribution in [0.1, 0.15) is 27.2 Å². The number of aliphatic hydroxyl groups excluding tert-OH is 1. The highest BCUT2D eigenvalue weighted by atomic mass is 16.3. The fourth-order valence-electron chi connectivity index (χ4n) is 1.72. The third-order valence-corrected chi connectivity index (χ3v) is 2.98. The maximum Gasteiger partial charge on any atom is 0.138 e. The Kier molecular flexibility index (Phi) is 3.45. The highest BCUT2D eigenvalue weighted by Crippen LogP contribution is 2.16. The minimum absolute atomic E-state index is 0.134. The van der Waals surface area contributed by atoms with Gasteiger partial charge >= 0.3 is 0 Å². The molecule has 0 aromatic carbocycles. The van der Waals surface area contributed by atoms with Crippen LogP contribution in [-0.4, -0.2) is 41.0 Å².